The molecule has 0 spiro atoms. The third-order valence-corrected chi connectivity index (χ3v) is 4.85. The van der Waals surface area contributed by atoms with Crippen molar-refractivity contribution >= 4 is 5.82 Å². The van der Waals surface area contributed by atoms with Gasteiger partial charge in [0.25, 0.3) is 0 Å². The molecule has 1 N–H and O–H groups in total. The predicted molar refractivity (Wildman–Crippen MR) is 77.0 cm³/mol. The molecule has 2 saturated carbocycles. The van der Waals surface area contributed by atoms with Gasteiger partial charge in [0.15, 0.2) is 5.82 Å². The van der Waals surface area contributed by atoms with E-state index in [-0.39, 0.29) is 0 Å². The van der Waals surface area contributed by atoms with Crippen LogP contribution in [0, 0.1) is 17.8 Å². The smallest absolute Gasteiger partial charge is 0.150 e. The summed E-state index contributed by atoms with van der Waals surface area (Å²) < 4.78 is 0. The highest BCUT2D eigenvalue weighted by atomic mass is 15.2. The Morgan fingerprint density at radius 1 is 1.26 bits per heavy atom. The Morgan fingerprint density at radius 2 is 2.16 bits per heavy atom. The van der Waals surface area contributed by atoms with E-state index in [0.29, 0.717) is 0 Å². The number of nitrogens with zero attached hydrogens (tertiary/aromatic N) is 3. The SMILES string of the molecule is CNCc1ccc(N(C)CC2CC3CCC2C3)nn1. The minimum absolute atomic E-state index is 0.781. The van der Waals surface area contributed by atoms with Crippen molar-refractivity contribution in [3.05, 3.63) is 17.8 Å². The van der Waals surface area contributed by atoms with Crippen LogP contribution < -0.4 is 10.2 Å². The first-order valence-electron chi connectivity index (χ1n) is 7.44. The number of nitrogens with one attached hydrogen (secondary N) is 1. The van der Waals surface area contributed by atoms with E-state index in [1.165, 1.54) is 25.7 Å². The summed E-state index contributed by atoms with van der Waals surface area (Å²) in [6.07, 6.45) is 5.84. The molecular formula is C15H24N4. The fourth-order valence-electron chi connectivity index (χ4n) is 3.88. The van der Waals surface area contributed by atoms with Crippen molar-refractivity contribution in [1.82, 2.24) is 15.5 Å². The van der Waals surface area contributed by atoms with Crippen LogP contribution in [-0.2, 0) is 6.54 Å². The third-order valence-electron chi connectivity index (χ3n) is 4.85. The lowest BCUT2D eigenvalue weighted by molar-refractivity contribution is 0.337. The second kappa shape index (κ2) is 5.45. The molecule has 104 valence electrons. The normalized spacial score (nSPS) is 28.8. The number of aromatic nitrogens is 2. The zero-order valence-electron chi connectivity index (χ0n) is 12.0. The Kier molecular flexibility index (Phi) is 3.69. The fourth-order valence-corrected chi connectivity index (χ4v) is 3.88. The summed E-state index contributed by atoms with van der Waals surface area (Å²) in [6.45, 7) is 1.92. The van der Waals surface area contributed by atoms with Crippen molar-refractivity contribution in [3.8, 4) is 0 Å². The Labute approximate surface area is 115 Å². The molecule has 19 heavy (non-hydrogen) atoms. The molecule has 2 aliphatic carbocycles. The molecule has 3 atom stereocenters. The molecule has 0 amide bonds. The Morgan fingerprint density at radius 3 is 2.74 bits per heavy atom. The quantitative estimate of drug-likeness (QED) is 0.880. The number of rotatable bonds is 5. The summed E-state index contributed by atoms with van der Waals surface area (Å²) in [5.74, 6) is 3.88. The van der Waals surface area contributed by atoms with Gasteiger partial charge in [-0.2, -0.15) is 5.10 Å². The predicted octanol–water partition coefficient (Wildman–Crippen LogP) is 2.07. The van der Waals surface area contributed by atoms with Crippen LogP contribution in [0.3, 0.4) is 0 Å². The summed E-state index contributed by atoms with van der Waals surface area (Å²) in [4.78, 5) is 2.28. The highest BCUT2D eigenvalue weighted by molar-refractivity contribution is 5.36. The van der Waals surface area contributed by atoms with Crippen molar-refractivity contribution in [2.24, 2.45) is 17.8 Å². The van der Waals surface area contributed by atoms with Crippen molar-refractivity contribution in [3.63, 3.8) is 0 Å². The van der Waals surface area contributed by atoms with E-state index < -0.39 is 0 Å². The molecule has 0 aromatic carbocycles. The van der Waals surface area contributed by atoms with Crippen molar-refractivity contribution in [2.75, 3.05) is 25.5 Å². The summed E-state index contributed by atoms with van der Waals surface area (Å²) in [5, 5.41) is 11.7. The van der Waals surface area contributed by atoms with E-state index in [1.807, 2.05) is 7.05 Å². The van der Waals surface area contributed by atoms with Gasteiger partial charge in [-0.05, 0) is 56.2 Å². The van der Waals surface area contributed by atoms with E-state index in [0.717, 1.165) is 42.4 Å². The van der Waals surface area contributed by atoms with E-state index in [2.05, 4.69) is 39.6 Å². The molecule has 4 heteroatoms. The van der Waals surface area contributed by atoms with Gasteiger partial charge < -0.3 is 10.2 Å². The number of anilines is 1. The molecule has 0 radical (unpaired) electrons. The van der Waals surface area contributed by atoms with Gasteiger partial charge in [0, 0.05) is 20.1 Å². The first kappa shape index (κ1) is 12.9. The standard InChI is InChI=1S/C15H24N4/c1-16-9-14-5-6-15(18-17-14)19(2)10-13-8-11-3-4-12(13)7-11/h5-6,11-13,16H,3-4,7-10H2,1-2H3. The molecule has 4 nitrogen and oxygen atoms in total. The molecule has 3 rings (SSSR count). The van der Waals surface area contributed by atoms with Crippen molar-refractivity contribution in [2.45, 2.75) is 32.2 Å². The van der Waals surface area contributed by atoms with Gasteiger partial charge in [-0.3, -0.25) is 0 Å². The van der Waals surface area contributed by atoms with Gasteiger partial charge in [0.1, 0.15) is 0 Å². The van der Waals surface area contributed by atoms with Crippen LogP contribution in [0.25, 0.3) is 0 Å². The zero-order chi connectivity index (χ0) is 13.2. The van der Waals surface area contributed by atoms with E-state index in [9.17, 15) is 0 Å². The average Bonchev–Trinajstić information content (AvgIpc) is 3.02. The number of hydrogen-bond acceptors (Lipinski definition) is 4. The van der Waals surface area contributed by atoms with Crippen LogP contribution in [0.15, 0.2) is 12.1 Å². The molecule has 0 saturated heterocycles. The number of hydrogen-bond donors (Lipinski definition) is 1. The Bertz CT molecular complexity index is 417. The second-order valence-corrected chi connectivity index (χ2v) is 6.23. The molecule has 3 unspecified atom stereocenters. The number of fused-ring (bicyclic) bond motifs is 2. The van der Waals surface area contributed by atoms with Gasteiger partial charge in [-0.1, -0.05) is 6.42 Å². The summed E-state index contributed by atoms with van der Waals surface area (Å²) in [6, 6.07) is 4.16. The fraction of sp³-hybridized carbons (Fsp3) is 0.733. The summed E-state index contributed by atoms with van der Waals surface area (Å²) in [5.41, 5.74) is 1.000. The van der Waals surface area contributed by atoms with Gasteiger partial charge in [0.05, 0.1) is 5.69 Å². The molecule has 1 aromatic heterocycles. The molecule has 2 aliphatic rings. The van der Waals surface area contributed by atoms with Gasteiger partial charge in [-0.15, -0.1) is 5.10 Å². The minimum atomic E-state index is 0.781. The highest BCUT2D eigenvalue weighted by Crippen LogP contribution is 2.48. The first-order chi connectivity index (χ1) is 9.26. The zero-order valence-corrected chi connectivity index (χ0v) is 12.0. The maximum Gasteiger partial charge on any atom is 0.150 e. The van der Waals surface area contributed by atoms with E-state index >= 15 is 0 Å². The van der Waals surface area contributed by atoms with Gasteiger partial charge in [0.2, 0.25) is 0 Å². The average molecular weight is 260 g/mol. The van der Waals surface area contributed by atoms with Crippen LogP contribution in [0.1, 0.15) is 31.4 Å². The monoisotopic (exact) mass is 260 g/mol. The van der Waals surface area contributed by atoms with E-state index in [1.54, 1.807) is 0 Å². The van der Waals surface area contributed by atoms with Crippen LogP contribution in [0.2, 0.25) is 0 Å². The first-order valence-corrected chi connectivity index (χ1v) is 7.44. The minimum Gasteiger partial charge on any atom is -0.358 e. The molecule has 2 bridgehead atoms. The van der Waals surface area contributed by atoms with Gasteiger partial charge in [-0.25, -0.2) is 0 Å². The summed E-state index contributed by atoms with van der Waals surface area (Å²) >= 11 is 0. The summed E-state index contributed by atoms with van der Waals surface area (Å²) in [7, 11) is 4.07. The van der Waals surface area contributed by atoms with Gasteiger partial charge >= 0.3 is 0 Å². The van der Waals surface area contributed by atoms with E-state index in [4.69, 9.17) is 0 Å². The molecule has 0 aliphatic heterocycles. The highest BCUT2D eigenvalue weighted by Gasteiger charge is 2.39. The Balaban J connectivity index is 1.59. The molecular weight excluding hydrogens is 236 g/mol. The van der Waals surface area contributed by atoms with Crippen molar-refractivity contribution < 1.29 is 0 Å². The van der Waals surface area contributed by atoms with Crippen LogP contribution in [0.5, 0.6) is 0 Å². The van der Waals surface area contributed by atoms with Crippen LogP contribution in [-0.4, -0.2) is 30.8 Å². The van der Waals surface area contributed by atoms with Crippen molar-refractivity contribution in [1.29, 1.82) is 0 Å². The Hall–Kier alpha value is -1.16. The lowest BCUT2D eigenvalue weighted by Crippen LogP contribution is -2.29. The largest absolute Gasteiger partial charge is 0.358 e. The molecule has 1 heterocycles. The maximum absolute atomic E-state index is 4.34. The lowest BCUT2D eigenvalue weighted by Gasteiger charge is -2.27. The van der Waals surface area contributed by atoms with Crippen LogP contribution in [0.4, 0.5) is 5.82 Å². The topological polar surface area (TPSA) is 41.0 Å². The molecule has 2 fully saturated rings. The van der Waals surface area contributed by atoms with Crippen LogP contribution >= 0.6 is 0 Å². The maximum atomic E-state index is 4.34. The second-order valence-electron chi connectivity index (χ2n) is 6.23. The lowest BCUT2D eigenvalue weighted by atomic mass is 9.88. The molecule has 1 aromatic rings. The third kappa shape index (κ3) is 2.73.